The number of amides is 4. The number of carbonyl (C=O) groups is 4. The monoisotopic (exact) mass is 466 g/mol. The molecule has 9 nitrogen and oxygen atoms in total. The van der Waals surface area contributed by atoms with E-state index < -0.39 is 23.5 Å². The van der Waals surface area contributed by atoms with Gasteiger partial charge in [-0.25, -0.2) is 4.79 Å². The highest BCUT2D eigenvalue weighted by atomic mass is 16.6. The molecule has 0 saturated carbocycles. The molecular formula is C25H30N4O5. The maximum Gasteiger partial charge on any atom is 0.408 e. The molecule has 2 aromatic rings. The Balaban J connectivity index is 1.45. The van der Waals surface area contributed by atoms with Crippen molar-refractivity contribution >= 4 is 35.2 Å². The van der Waals surface area contributed by atoms with Crippen LogP contribution in [0, 0.1) is 5.92 Å². The van der Waals surface area contributed by atoms with E-state index in [-0.39, 0.29) is 24.8 Å². The summed E-state index contributed by atoms with van der Waals surface area (Å²) in [5.74, 6) is -1.09. The summed E-state index contributed by atoms with van der Waals surface area (Å²) >= 11 is 0. The number of ether oxygens (including phenoxy) is 1. The zero-order valence-electron chi connectivity index (χ0n) is 19.6. The number of likely N-dealkylation sites (tertiary alicyclic amines) is 1. The predicted molar refractivity (Wildman–Crippen MR) is 128 cm³/mol. The Hall–Kier alpha value is -3.88. The number of nitrogens with one attached hydrogen (secondary N) is 3. The zero-order chi connectivity index (χ0) is 24.7. The van der Waals surface area contributed by atoms with Gasteiger partial charge in [0, 0.05) is 30.9 Å². The highest BCUT2D eigenvalue weighted by Crippen LogP contribution is 2.22. The van der Waals surface area contributed by atoms with E-state index in [1.54, 1.807) is 49.9 Å². The Kier molecular flexibility index (Phi) is 7.88. The first kappa shape index (κ1) is 24.8. The molecule has 1 saturated heterocycles. The van der Waals surface area contributed by atoms with E-state index in [1.165, 1.54) is 0 Å². The molecule has 3 rings (SSSR count). The highest BCUT2D eigenvalue weighted by Gasteiger charge is 2.34. The van der Waals surface area contributed by atoms with Crippen molar-refractivity contribution in [2.24, 2.45) is 5.92 Å². The number of anilines is 2. The van der Waals surface area contributed by atoms with E-state index in [2.05, 4.69) is 16.0 Å². The molecule has 1 fully saturated rings. The molecule has 0 aromatic heterocycles. The van der Waals surface area contributed by atoms with Crippen LogP contribution in [-0.4, -0.2) is 47.4 Å². The molecule has 1 unspecified atom stereocenters. The molecule has 1 heterocycles. The topological polar surface area (TPSA) is 117 Å². The Morgan fingerprint density at radius 3 is 2.21 bits per heavy atom. The van der Waals surface area contributed by atoms with Crippen molar-refractivity contribution in [2.75, 3.05) is 23.7 Å². The second kappa shape index (κ2) is 10.8. The number of hydrogen-bond acceptors (Lipinski definition) is 5. The molecule has 0 aliphatic carbocycles. The van der Waals surface area contributed by atoms with Crippen molar-refractivity contribution in [2.45, 2.75) is 39.3 Å². The Labute approximate surface area is 198 Å². The van der Waals surface area contributed by atoms with Gasteiger partial charge in [-0.15, -0.1) is 0 Å². The highest BCUT2D eigenvalue weighted by molar-refractivity contribution is 5.98. The van der Waals surface area contributed by atoms with Gasteiger partial charge < -0.3 is 25.6 Å². The number of benzene rings is 2. The SMILES string of the molecule is CC(C)(C)OC(=O)NCC(=O)Nc1ccc(NC(=O)C2CC(=O)N(Cc3ccccc3)C2)cc1. The molecule has 0 radical (unpaired) electrons. The maximum atomic E-state index is 12.7. The lowest BCUT2D eigenvalue weighted by Crippen LogP contribution is -2.37. The summed E-state index contributed by atoms with van der Waals surface area (Å²) in [6.07, 6.45) is -0.495. The van der Waals surface area contributed by atoms with Crippen molar-refractivity contribution in [3.05, 3.63) is 60.2 Å². The molecule has 9 heteroatoms. The number of alkyl carbamates (subject to hydrolysis) is 1. The summed E-state index contributed by atoms with van der Waals surface area (Å²) < 4.78 is 5.08. The smallest absolute Gasteiger partial charge is 0.408 e. The normalized spacial score (nSPS) is 15.6. The van der Waals surface area contributed by atoms with Gasteiger partial charge in [-0.05, 0) is 50.6 Å². The van der Waals surface area contributed by atoms with Crippen LogP contribution in [0.2, 0.25) is 0 Å². The quantitative estimate of drug-likeness (QED) is 0.580. The first-order chi connectivity index (χ1) is 16.1. The van der Waals surface area contributed by atoms with Crippen LogP contribution in [0.1, 0.15) is 32.8 Å². The summed E-state index contributed by atoms with van der Waals surface area (Å²) in [6.45, 7) is 5.83. The molecular weight excluding hydrogens is 436 g/mol. The second-order valence-corrected chi connectivity index (χ2v) is 9.13. The van der Waals surface area contributed by atoms with Crippen LogP contribution in [0.25, 0.3) is 0 Å². The van der Waals surface area contributed by atoms with Crippen LogP contribution in [0.15, 0.2) is 54.6 Å². The summed E-state index contributed by atoms with van der Waals surface area (Å²) in [4.78, 5) is 50.3. The van der Waals surface area contributed by atoms with Crippen LogP contribution in [0.3, 0.4) is 0 Å². The van der Waals surface area contributed by atoms with E-state index in [1.807, 2.05) is 30.3 Å². The lowest BCUT2D eigenvalue weighted by atomic mass is 10.1. The number of carbonyl (C=O) groups excluding carboxylic acids is 4. The van der Waals surface area contributed by atoms with Gasteiger partial charge in [0.25, 0.3) is 0 Å². The fourth-order valence-corrected chi connectivity index (χ4v) is 3.46. The summed E-state index contributed by atoms with van der Waals surface area (Å²) in [5, 5.41) is 7.87. The van der Waals surface area contributed by atoms with Gasteiger partial charge in [0.1, 0.15) is 12.1 Å². The van der Waals surface area contributed by atoms with Gasteiger partial charge in [-0.1, -0.05) is 30.3 Å². The Morgan fingerprint density at radius 1 is 0.971 bits per heavy atom. The lowest BCUT2D eigenvalue weighted by molar-refractivity contribution is -0.128. The van der Waals surface area contributed by atoms with Gasteiger partial charge in [0.15, 0.2) is 0 Å². The molecule has 1 aliphatic rings. The first-order valence-corrected chi connectivity index (χ1v) is 11.1. The van der Waals surface area contributed by atoms with E-state index >= 15 is 0 Å². The third-order valence-electron chi connectivity index (χ3n) is 5.03. The lowest BCUT2D eigenvalue weighted by Gasteiger charge is -2.19. The minimum atomic E-state index is -0.673. The predicted octanol–water partition coefficient (Wildman–Crippen LogP) is 3.14. The van der Waals surface area contributed by atoms with Gasteiger partial charge >= 0.3 is 6.09 Å². The van der Waals surface area contributed by atoms with Gasteiger partial charge in [-0.2, -0.15) is 0 Å². The summed E-state index contributed by atoms with van der Waals surface area (Å²) in [6, 6.07) is 16.3. The molecule has 180 valence electrons. The van der Waals surface area contributed by atoms with Crippen LogP contribution in [0.4, 0.5) is 16.2 Å². The second-order valence-electron chi connectivity index (χ2n) is 9.13. The average molecular weight is 467 g/mol. The minimum absolute atomic E-state index is 0.0398. The third-order valence-corrected chi connectivity index (χ3v) is 5.03. The molecule has 0 spiro atoms. The van der Waals surface area contributed by atoms with E-state index in [4.69, 9.17) is 4.74 Å². The summed E-state index contributed by atoms with van der Waals surface area (Å²) in [5.41, 5.74) is 1.45. The minimum Gasteiger partial charge on any atom is -0.444 e. The number of hydrogen-bond donors (Lipinski definition) is 3. The maximum absolute atomic E-state index is 12.7. The standard InChI is InChI=1S/C25H30N4O5/c1-25(2,3)34-24(33)26-14-21(30)27-19-9-11-20(12-10-19)28-23(32)18-13-22(31)29(16-18)15-17-7-5-4-6-8-17/h4-12,18H,13-16H2,1-3H3,(H,26,33)(H,27,30)(H,28,32). The molecule has 1 aliphatic heterocycles. The molecule has 0 bridgehead atoms. The third kappa shape index (κ3) is 7.61. The number of nitrogens with zero attached hydrogens (tertiary/aromatic N) is 1. The number of rotatable bonds is 7. The van der Waals surface area contributed by atoms with E-state index in [0.717, 1.165) is 5.56 Å². The fourth-order valence-electron chi connectivity index (χ4n) is 3.46. The fraction of sp³-hybridized carbons (Fsp3) is 0.360. The van der Waals surface area contributed by atoms with Gasteiger partial charge in [-0.3, -0.25) is 14.4 Å². The van der Waals surface area contributed by atoms with Crippen molar-refractivity contribution in [1.82, 2.24) is 10.2 Å². The van der Waals surface area contributed by atoms with Crippen molar-refractivity contribution in [1.29, 1.82) is 0 Å². The van der Waals surface area contributed by atoms with Crippen LogP contribution in [0.5, 0.6) is 0 Å². The van der Waals surface area contributed by atoms with Gasteiger partial charge in [0.2, 0.25) is 17.7 Å². The van der Waals surface area contributed by atoms with Crippen molar-refractivity contribution in [3.8, 4) is 0 Å². The Morgan fingerprint density at radius 2 is 1.59 bits per heavy atom. The average Bonchev–Trinajstić information content (AvgIpc) is 3.13. The first-order valence-electron chi connectivity index (χ1n) is 11.1. The molecule has 2 aromatic carbocycles. The molecule has 3 N–H and O–H groups in total. The molecule has 34 heavy (non-hydrogen) atoms. The molecule has 4 amide bonds. The largest absolute Gasteiger partial charge is 0.444 e. The van der Waals surface area contributed by atoms with E-state index in [9.17, 15) is 19.2 Å². The van der Waals surface area contributed by atoms with Crippen LogP contribution in [-0.2, 0) is 25.7 Å². The van der Waals surface area contributed by atoms with E-state index in [0.29, 0.717) is 24.5 Å². The van der Waals surface area contributed by atoms with Crippen LogP contribution < -0.4 is 16.0 Å². The Bertz CT molecular complexity index is 1030. The summed E-state index contributed by atoms with van der Waals surface area (Å²) in [7, 11) is 0. The van der Waals surface area contributed by atoms with Gasteiger partial charge in [0.05, 0.1) is 5.92 Å². The molecule has 1 atom stereocenters. The zero-order valence-corrected chi connectivity index (χ0v) is 19.6. The van der Waals surface area contributed by atoms with Crippen molar-refractivity contribution < 1.29 is 23.9 Å². The van der Waals surface area contributed by atoms with Crippen LogP contribution >= 0.6 is 0 Å². The van der Waals surface area contributed by atoms with Crippen molar-refractivity contribution in [3.63, 3.8) is 0 Å².